The maximum atomic E-state index is 11.4. The van der Waals surface area contributed by atoms with Gasteiger partial charge < -0.3 is 0 Å². The lowest BCUT2D eigenvalue weighted by Crippen LogP contribution is -2.25. The molecule has 0 fully saturated rings. The van der Waals surface area contributed by atoms with Crippen LogP contribution >= 0.6 is 0 Å². The summed E-state index contributed by atoms with van der Waals surface area (Å²) in [5.74, 6) is -0.717. The molecule has 2 nitrogen and oxygen atoms in total. The number of rotatable bonds is 5. The van der Waals surface area contributed by atoms with Gasteiger partial charge in [-0.2, -0.15) is 0 Å². The molecule has 0 aliphatic carbocycles. The average molecular weight is 230 g/mol. The number of hydrogen-bond donors (Lipinski definition) is 0. The number of allylic oxidation sites excluding steroid dienone is 1. The Morgan fingerprint density at radius 1 is 1.06 bits per heavy atom. The molecule has 0 bridgehead atoms. The smallest absolute Gasteiger partial charge is 0.140 e. The van der Waals surface area contributed by atoms with Crippen LogP contribution in [0.25, 0.3) is 6.08 Å². The molecule has 17 heavy (non-hydrogen) atoms. The van der Waals surface area contributed by atoms with Gasteiger partial charge in [0.05, 0.1) is 5.92 Å². The first-order valence-corrected chi connectivity index (χ1v) is 5.76. The zero-order valence-corrected chi connectivity index (χ0v) is 10.5. The maximum absolute atomic E-state index is 11.4. The number of Topliss-reactive ketones (excluding diaryl/α,β-unsaturated/α-hetero) is 2. The Balaban J connectivity index is 2.77. The summed E-state index contributed by atoms with van der Waals surface area (Å²) in [6, 6.07) is 9.84. The van der Waals surface area contributed by atoms with Gasteiger partial charge in [0.15, 0.2) is 0 Å². The van der Waals surface area contributed by atoms with Gasteiger partial charge in [-0.15, -0.1) is 0 Å². The maximum Gasteiger partial charge on any atom is 0.140 e. The van der Waals surface area contributed by atoms with Gasteiger partial charge in [0.25, 0.3) is 0 Å². The van der Waals surface area contributed by atoms with Gasteiger partial charge in [-0.05, 0) is 25.3 Å². The standard InChI is InChI=1S/C15H18O2/c1-11(15(12(2)16)13(3)17)9-10-14-7-5-4-6-8-14/h4-11,15H,1-3H3. The molecule has 0 spiro atoms. The van der Waals surface area contributed by atoms with Gasteiger partial charge in [0.2, 0.25) is 0 Å². The van der Waals surface area contributed by atoms with Crippen molar-refractivity contribution in [3.05, 3.63) is 42.0 Å². The van der Waals surface area contributed by atoms with E-state index in [4.69, 9.17) is 0 Å². The Morgan fingerprint density at radius 3 is 2.06 bits per heavy atom. The molecular weight excluding hydrogens is 212 g/mol. The topological polar surface area (TPSA) is 34.1 Å². The molecule has 0 aliphatic rings. The van der Waals surface area contributed by atoms with E-state index in [2.05, 4.69) is 0 Å². The second-order valence-corrected chi connectivity index (χ2v) is 4.33. The third-order valence-electron chi connectivity index (χ3n) is 2.79. The fourth-order valence-electron chi connectivity index (χ4n) is 1.96. The molecule has 1 aromatic rings. The minimum Gasteiger partial charge on any atom is -0.299 e. The Hall–Kier alpha value is -1.70. The van der Waals surface area contributed by atoms with Gasteiger partial charge in [-0.1, -0.05) is 49.4 Å². The van der Waals surface area contributed by atoms with Crippen LogP contribution in [0.3, 0.4) is 0 Å². The van der Waals surface area contributed by atoms with Crippen molar-refractivity contribution in [1.82, 2.24) is 0 Å². The van der Waals surface area contributed by atoms with Crippen LogP contribution < -0.4 is 0 Å². The summed E-state index contributed by atoms with van der Waals surface area (Å²) in [4.78, 5) is 22.8. The molecule has 90 valence electrons. The minimum absolute atomic E-state index is 0.0646. The fraction of sp³-hybridized carbons (Fsp3) is 0.333. The van der Waals surface area contributed by atoms with Gasteiger partial charge >= 0.3 is 0 Å². The van der Waals surface area contributed by atoms with Gasteiger partial charge in [-0.3, -0.25) is 9.59 Å². The van der Waals surface area contributed by atoms with Gasteiger partial charge in [0.1, 0.15) is 11.6 Å². The average Bonchev–Trinajstić information content (AvgIpc) is 2.27. The summed E-state index contributed by atoms with van der Waals surface area (Å²) >= 11 is 0. The van der Waals surface area contributed by atoms with Crippen molar-refractivity contribution in [2.75, 3.05) is 0 Å². The summed E-state index contributed by atoms with van der Waals surface area (Å²) in [5, 5.41) is 0. The van der Waals surface area contributed by atoms with Crippen LogP contribution in [-0.2, 0) is 9.59 Å². The highest BCUT2D eigenvalue weighted by atomic mass is 16.1. The first-order valence-electron chi connectivity index (χ1n) is 5.76. The van der Waals surface area contributed by atoms with Gasteiger partial charge in [0, 0.05) is 0 Å². The summed E-state index contributed by atoms with van der Waals surface area (Å²) in [6.07, 6.45) is 3.87. The van der Waals surface area contributed by atoms with Crippen molar-refractivity contribution in [3.63, 3.8) is 0 Å². The van der Waals surface area contributed by atoms with E-state index < -0.39 is 5.92 Å². The van der Waals surface area contributed by atoms with Crippen molar-refractivity contribution in [1.29, 1.82) is 0 Å². The van der Waals surface area contributed by atoms with E-state index in [-0.39, 0.29) is 17.5 Å². The van der Waals surface area contributed by atoms with Crippen molar-refractivity contribution in [3.8, 4) is 0 Å². The van der Waals surface area contributed by atoms with Gasteiger partial charge in [-0.25, -0.2) is 0 Å². The Labute approximate surface area is 102 Å². The fourth-order valence-corrected chi connectivity index (χ4v) is 1.96. The first kappa shape index (κ1) is 13.4. The number of ketones is 2. The van der Waals surface area contributed by atoms with Crippen LogP contribution in [0.4, 0.5) is 0 Å². The summed E-state index contributed by atoms with van der Waals surface area (Å²) in [6.45, 7) is 4.84. The van der Waals surface area contributed by atoms with Crippen molar-refractivity contribution >= 4 is 17.6 Å². The van der Waals surface area contributed by atoms with Crippen LogP contribution in [0.15, 0.2) is 36.4 Å². The largest absolute Gasteiger partial charge is 0.299 e. The van der Waals surface area contributed by atoms with E-state index in [9.17, 15) is 9.59 Å². The first-order chi connectivity index (χ1) is 8.02. The van der Waals surface area contributed by atoms with Crippen LogP contribution in [0.5, 0.6) is 0 Å². The lowest BCUT2D eigenvalue weighted by atomic mass is 9.87. The van der Waals surface area contributed by atoms with E-state index in [1.165, 1.54) is 13.8 Å². The zero-order chi connectivity index (χ0) is 12.8. The third kappa shape index (κ3) is 3.99. The molecule has 2 heteroatoms. The lowest BCUT2D eigenvalue weighted by molar-refractivity contribution is -0.131. The molecule has 0 saturated heterocycles. The van der Waals surface area contributed by atoms with E-state index in [1.54, 1.807) is 0 Å². The van der Waals surface area contributed by atoms with E-state index in [1.807, 2.05) is 49.4 Å². The molecule has 0 amide bonds. The zero-order valence-electron chi connectivity index (χ0n) is 10.5. The number of carbonyl (C=O) groups is 2. The predicted molar refractivity (Wildman–Crippen MR) is 69.5 cm³/mol. The number of carbonyl (C=O) groups excluding carboxylic acids is 2. The normalized spacial score (nSPS) is 12.9. The monoisotopic (exact) mass is 230 g/mol. The molecular formula is C15H18O2. The third-order valence-corrected chi connectivity index (χ3v) is 2.79. The molecule has 0 N–H and O–H groups in total. The molecule has 0 aromatic heterocycles. The molecule has 1 atom stereocenters. The Kier molecular flexibility index (Phi) is 4.83. The van der Waals surface area contributed by atoms with Crippen LogP contribution in [-0.4, -0.2) is 11.6 Å². The second kappa shape index (κ2) is 6.14. The molecule has 1 rings (SSSR count). The number of hydrogen-bond acceptors (Lipinski definition) is 2. The van der Waals surface area contributed by atoms with Crippen LogP contribution in [0, 0.1) is 11.8 Å². The van der Waals surface area contributed by atoms with Crippen molar-refractivity contribution in [2.45, 2.75) is 20.8 Å². The molecule has 0 heterocycles. The summed E-state index contributed by atoms with van der Waals surface area (Å²) < 4.78 is 0. The number of benzene rings is 1. The second-order valence-electron chi connectivity index (χ2n) is 4.33. The van der Waals surface area contributed by atoms with Crippen LogP contribution in [0.1, 0.15) is 26.3 Å². The highest BCUT2D eigenvalue weighted by Gasteiger charge is 2.24. The predicted octanol–water partition coefficient (Wildman–Crippen LogP) is 3.13. The molecule has 1 unspecified atom stereocenters. The molecule has 1 aromatic carbocycles. The van der Waals surface area contributed by atoms with E-state index in [0.717, 1.165) is 5.56 Å². The molecule has 0 saturated carbocycles. The van der Waals surface area contributed by atoms with Crippen molar-refractivity contribution in [2.24, 2.45) is 11.8 Å². The van der Waals surface area contributed by atoms with Crippen molar-refractivity contribution < 1.29 is 9.59 Å². The highest BCUT2D eigenvalue weighted by Crippen LogP contribution is 2.17. The Bertz CT molecular complexity index is 404. The van der Waals surface area contributed by atoms with E-state index >= 15 is 0 Å². The summed E-state index contributed by atoms with van der Waals surface area (Å²) in [7, 11) is 0. The Morgan fingerprint density at radius 2 is 1.59 bits per heavy atom. The quantitative estimate of drug-likeness (QED) is 0.728. The minimum atomic E-state index is -0.519. The molecule has 0 aliphatic heterocycles. The SMILES string of the molecule is CC(=O)C(C(C)=O)C(C)C=Cc1ccccc1. The molecule has 0 radical (unpaired) electrons. The summed E-state index contributed by atoms with van der Waals surface area (Å²) in [5.41, 5.74) is 1.07. The van der Waals surface area contributed by atoms with E-state index in [0.29, 0.717) is 0 Å². The lowest BCUT2D eigenvalue weighted by Gasteiger charge is -2.15. The highest BCUT2D eigenvalue weighted by molar-refractivity contribution is 6.00. The van der Waals surface area contributed by atoms with Crippen LogP contribution in [0.2, 0.25) is 0 Å².